The van der Waals surface area contributed by atoms with E-state index in [1.54, 1.807) is 13.0 Å². The predicted molar refractivity (Wildman–Crippen MR) is 94.1 cm³/mol. The third-order valence-electron chi connectivity index (χ3n) is 3.82. The number of aryl methyl sites for hydroxylation is 1. The summed E-state index contributed by atoms with van der Waals surface area (Å²) in [4.78, 5) is 28.1. The second-order valence-electron chi connectivity index (χ2n) is 5.83. The van der Waals surface area contributed by atoms with Gasteiger partial charge in [-0.05, 0) is 24.1 Å². The van der Waals surface area contributed by atoms with Crippen molar-refractivity contribution >= 4 is 12.2 Å². The second-order valence-corrected chi connectivity index (χ2v) is 5.83. The van der Waals surface area contributed by atoms with Crippen LogP contribution in [0.3, 0.4) is 0 Å². The van der Waals surface area contributed by atoms with Crippen LogP contribution in [0.2, 0.25) is 0 Å². The lowest BCUT2D eigenvalue weighted by atomic mass is 10.1. The molecule has 6 heteroatoms. The Morgan fingerprint density at radius 2 is 2.00 bits per heavy atom. The highest BCUT2D eigenvalue weighted by atomic mass is 19.1. The molecule has 26 heavy (non-hydrogen) atoms. The van der Waals surface area contributed by atoms with Crippen molar-refractivity contribution < 1.29 is 18.4 Å². The van der Waals surface area contributed by atoms with E-state index in [0.29, 0.717) is 18.3 Å². The van der Waals surface area contributed by atoms with Crippen LogP contribution < -0.4 is 5.32 Å². The van der Waals surface area contributed by atoms with Gasteiger partial charge in [0, 0.05) is 12.5 Å². The number of nitrogens with zero attached hydrogens (tertiary/aromatic N) is 1. The molecule has 1 aromatic heterocycles. The number of hydrogen-bond donors (Lipinski definition) is 1. The third kappa shape index (κ3) is 4.03. The number of nitrogens with one attached hydrogen (secondary N) is 1. The first kappa shape index (κ1) is 17.5. The summed E-state index contributed by atoms with van der Waals surface area (Å²) in [5.74, 6) is -0.782. The van der Waals surface area contributed by atoms with Gasteiger partial charge in [-0.3, -0.25) is 4.79 Å². The van der Waals surface area contributed by atoms with Gasteiger partial charge in [-0.15, -0.1) is 0 Å². The van der Waals surface area contributed by atoms with Crippen LogP contribution >= 0.6 is 0 Å². The molecule has 0 aliphatic heterocycles. The van der Waals surface area contributed by atoms with Gasteiger partial charge >= 0.3 is 0 Å². The molecule has 0 bridgehead atoms. The lowest BCUT2D eigenvalue weighted by Crippen LogP contribution is -2.37. The first-order valence-electron chi connectivity index (χ1n) is 8.10. The summed E-state index contributed by atoms with van der Waals surface area (Å²) in [6, 6.07) is 14.4. The van der Waals surface area contributed by atoms with Crippen LogP contribution in [0.4, 0.5) is 4.39 Å². The smallest absolute Gasteiger partial charge is 0.289 e. The highest BCUT2D eigenvalue weighted by Crippen LogP contribution is 2.24. The van der Waals surface area contributed by atoms with Crippen molar-refractivity contribution in [2.24, 2.45) is 0 Å². The zero-order valence-electron chi connectivity index (χ0n) is 14.1. The second kappa shape index (κ2) is 7.74. The number of rotatable bonds is 6. The molecule has 0 aliphatic rings. The van der Waals surface area contributed by atoms with Crippen molar-refractivity contribution in [1.82, 2.24) is 10.3 Å². The van der Waals surface area contributed by atoms with E-state index in [1.165, 1.54) is 18.2 Å². The SMILES string of the molecule is Cc1nc(-c2cccc(F)c2)c(C(=O)N[C@H](C=O)Cc2ccccc2)o1. The minimum absolute atomic E-state index is 0.0481. The fraction of sp³-hybridized carbons (Fsp3) is 0.150. The fourth-order valence-electron chi connectivity index (χ4n) is 2.65. The summed E-state index contributed by atoms with van der Waals surface area (Å²) < 4.78 is 18.9. The van der Waals surface area contributed by atoms with Gasteiger partial charge in [0.2, 0.25) is 5.76 Å². The van der Waals surface area contributed by atoms with E-state index in [0.717, 1.165) is 5.56 Å². The first-order valence-corrected chi connectivity index (χ1v) is 8.10. The van der Waals surface area contributed by atoms with E-state index in [1.807, 2.05) is 30.3 Å². The number of aromatic nitrogens is 1. The maximum atomic E-state index is 13.5. The molecule has 3 rings (SSSR count). The summed E-state index contributed by atoms with van der Waals surface area (Å²) in [6.07, 6.45) is 1.04. The lowest BCUT2D eigenvalue weighted by molar-refractivity contribution is -0.109. The van der Waals surface area contributed by atoms with Crippen molar-refractivity contribution in [2.75, 3.05) is 0 Å². The minimum Gasteiger partial charge on any atom is -0.435 e. The van der Waals surface area contributed by atoms with Crippen LogP contribution in [0, 0.1) is 12.7 Å². The molecule has 2 aromatic carbocycles. The van der Waals surface area contributed by atoms with Crippen molar-refractivity contribution in [1.29, 1.82) is 0 Å². The summed E-state index contributed by atoms with van der Waals surface area (Å²) in [7, 11) is 0. The first-order chi connectivity index (χ1) is 12.6. The van der Waals surface area contributed by atoms with E-state index in [9.17, 15) is 14.0 Å². The number of amides is 1. The maximum absolute atomic E-state index is 13.5. The quantitative estimate of drug-likeness (QED) is 0.691. The Morgan fingerprint density at radius 3 is 2.69 bits per heavy atom. The van der Waals surface area contributed by atoms with Gasteiger partial charge in [-0.25, -0.2) is 9.37 Å². The van der Waals surface area contributed by atoms with E-state index in [-0.39, 0.29) is 17.3 Å². The van der Waals surface area contributed by atoms with Gasteiger partial charge in [-0.2, -0.15) is 0 Å². The highest BCUT2D eigenvalue weighted by molar-refractivity contribution is 5.98. The number of oxazole rings is 1. The van der Waals surface area contributed by atoms with Gasteiger partial charge < -0.3 is 14.5 Å². The molecule has 0 saturated carbocycles. The number of carbonyl (C=O) groups is 2. The summed E-state index contributed by atoms with van der Waals surface area (Å²) >= 11 is 0. The van der Waals surface area contributed by atoms with Gasteiger partial charge in [0.05, 0.1) is 6.04 Å². The molecule has 3 aromatic rings. The number of hydrogen-bond acceptors (Lipinski definition) is 4. The van der Waals surface area contributed by atoms with Crippen LogP contribution in [0.1, 0.15) is 22.0 Å². The Balaban J connectivity index is 1.82. The Morgan fingerprint density at radius 1 is 1.23 bits per heavy atom. The lowest BCUT2D eigenvalue weighted by Gasteiger charge is -2.12. The average molecular weight is 352 g/mol. The standard InChI is InChI=1S/C20H17FN2O3/c1-13-22-18(15-8-5-9-16(21)11-15)19(26-13)20(25)23-17(12-24)10-14-6-3-2-4-7-14/h2-9,11-12,17H,10H2,1H3,(H,23,25)/t17-/m0/s1. The van der Waals surface area contributed by atoms with E-state index < -0.39 is 17.8 Å². The molecule has 0 aliphatic carbocycles. The van der Waals surface area contributed by atoms with Gasteiger partial charge in [0.1, 0.15) is 17.8 Å². The molecule has 1 atom stereocenters. The Hall–Kier alpha value is -3.28. The number of halogens is 1. The maximum Gasteiger partial charge on any atom is 0.289 e. The predicted octanol–water partition coefficient (Wildman–Crippen LogP) is 3.33. The largest absolute Gasteiger partial charge is 0.435 e. The van der Waals surface area contributed by atoms with Crippen LogP contribution in [-0.2, 0) is 11.2 Å². The number of benzene rings is 2. The van der Waals surface area contributed by atoms with Gasteiger partial charge in [-0.1, -0.05) is 42.5 Å². The van der Waals surface area contributed by atoms with Crippen molar-refractivity contribution in [2.45, 2.75) is 19.4 Å². The molecular weight excluding hydrogens is 335 g/mol. The van der Waals surface area contributed by atoms with Crippen LogP contribution in [0.5, 0.6) is 0 Å². The van der Waals surface area contributed by atoms with Gasteiger partial charge in [0.25, 0.3) is 5.91 Å². The third-order valence-corrected chi connectivity index (χ3v) is 3.82. The average Bonchev–Trinajstić information content (AvgIpc) is 3.04. The normalized spacial score (nSPS) is 11.8. The van der Waals surface area contributed by atoms with Crippen molar-refractivity contribution in [3.8, 4) is 11.3 Å². The number of carbonyl (C=O) groups excluding carboxylic acids is 2. The highest BCUT2D eigenvalue weighted by Gasteiger charge is 2.23. The topological polar surface area (TPSA) is 72.2 Å². The molecule has 0 radical (unpaired) electrons. The van der Waals surface area contributed by atoms with Crippen LogP contribution in [0.15, 0.2) is 59.0 Å². The molecule has 1 heterocycles. The molecule has 0 unspecified atom stereocenters. The van der Waals surface area contributed by atoms with Gasteiger partial charge in [0.15, 0.2) is 5.89 Å². The number of aldehydes is 1. The Labute approximate surface area is 149 Å². The molecule has 0 fully saturated rings. The molecule has 1 amide bonds. The summed E-state index contributed by atoms with van der Waals surface area (Å²) in [6.45, 7) is 1.60. The summed E-state index contributed by atoms with van der Waals surface area (Å²) in [5.41, 5.74) is 1.59. The van der Waals surface area contributed by atoms with Crippen molar-refractivity contribution in [3.05, 3.63) is 77.6 Å². The summed E-state index contributed by atoms with van der Waals surface area (Å²) in [5, 5.41) is 2.64. The minimum atomic E-state index is -0.712. The van der Waals surface area contributed by atoms with E-state index >= 15 is 0 Å². The van der Waals surface area contributed by atoms with Crippen molar-refractivity contribution in [3.63, 3.8) is 0 Å². The van der Waals surface area contributed by atoms with Crippen LogP contribution in [-0.4, -0.2) is 23.2 Å². The fourth-order valence-corrected chi connectivity index (χ4v) is 2.65. The van der Waals surface area contributed by atoms with E-state index in [2.05, 4.69) is 10.3 Å². The monoisotopic (exact) mass is 352 g/mol. The van der Waals surface area contributed by atoms with Crippen LogP contribution in [0.25, 0.3) is 11.3 Å². The Bertz CT molecular complexity index is 922. The Kier molecular flexibility index (Phi) is 5.22. The molecule has 0 saturated heterocycles. The zero-order valence-corrected chi connectivity index (χ0v) is 14.1. The zero-order chi connectivity index (χ0) is 18.5. The molecular formula is C20H17FN2O3. The molecule has 1 N–H and O–H groups in total. The molecule has 0 spiro atoms. The molecule has 132 valence electrons. The van der Waals surface area contributed by atoms with E-state index in [4.69, 9.17) is 4.42 Å². The molecule has 5 nitrogen and oxygen atoms in total.